The quantitative estimate of drug-likeness (QED) is 0.477. The number of ketones is 1. The lowest BCUT2D eigenvalue weighted by molar-refractivity contribution is -0.132. The van der Waals surface area contributed by atoms with Crippen LogP contribution >= 0.6 is 11.8 Å². The van der Waals surface area contributed by atoms with Crippen molar-refractivity contribution in [2.75, 3.05) is 6.61 Å². The van der Waals surface area contributed by atoms with Crippen LogP contribution in [0.2, 0.25) is 0 Å². The smallest absolute Gasteiger partial charge is 0.308 e. The van der Waals surface area contributed by atoms with Crippen molar-refractivity contribution in [1.82, 2.24) is 5.32 Å². The maximum atomic E-state index is 13.0. The maximum Gasteiger partial charge on any atom is 0.308 e. The number of thioether (sulfide) groups is 1. The van der Waals surface area contributed by atoms with Gasteiger partial charge in [0.05, 0.1) is 17.2 Å². The van der Waals surface area contributed by atoms with Gasteiger partial charge in [-0.05, 0) is 56.0 Å². The summed E-state index contributed by atoms with van der Waals surface area (Å²) in [6, 6.07) is 7.42. The molecule has 1 fully saturated rings. The minimum atomic E-state index is -0.443. The van der Waals surface area contributed by atoms with E-state index in [0.717, 1.165) is 16.7 Å². The van der Waals surface area contributed by atoms with Gasteiger partial charge in [-0.25, -0.2) is 0 Å². The number of carbonyl (C=O) groups excluding carboxylic acids is 3. The van der Waals surface area contributed by atoms with E-state index in [0.29, 0.717) is 34.8 Å². The fourth-order valence-corrected chi connectivity index (χ4v) is 5.05. The number of amides is 1. The molecule has 2 heterocycles. The molecule has 34 heavy (non-hydrogen) atoms. The minimum Gasteiger partial charge on any atom is -0.490 e. The molecule has 0 aromatic heterocycles. The second-order valence-corrected chi connectivity index (χ2v) is 9.67. The van der Waals surface area contributed by atoms with Crippen molar-refractivity contribution in [1.29, 1.82) is 5.41 Å². The first kappa shape index (κ1) is 23.8. The number of benzene rings is 2. The van der Waals surface area contributed by atoms with Gasteiger partial charge in [-0.3, -0.25) is 19.8 Å². The standard InChI is InChI=1S/C25H26N2O6S/c1-12-13(2)23-21(14(3)22(12)32-15(4)28)19(29)10-18(33-23)11-31-17-7-5-16(6-8-17)9-20-24(30)27-25(26)34-20/h5-8,18,20H,9-11H2,1-4H3,(H2,26,27,30). The fraction of sp³-hybridized carbons (Fsp3) is 0.360. The molecule has 2 N–H and O–H groups in total. The lowest BCUT2D eigenvalue weighted by Gasteiger charge is -2.29. The Morgan fingerprint density at radius 2 is 1.85 bits per heavy atom. The van der Waals surface area contributed by atoms with Crippen LogP contribution in [0.3, 0.4) is 0 Å². The zero-order valence-corrected chi connectivity index (χ0v) is 20.3. The lowest BCUT2D eigenvalue weighted by atomic mass is 9.91. The van der Waals surface area contributed by atoms with E-state index in [1.807, 2.05) is 38.1 Å². The molecule has 2 aliphatic heterocycles. The number of hydrogen-bond donors (Lipinski definition) is 2. The highest BCUT2D eigenvalue weighted by Crippen LogP contribution is 2.41. The molecule has 0 aliphatic carbocycles. The molecule has 0 saturated carbocycles. The zero-order valence-electron chi connectivity index (χ0n) is 19.4. The Morgan fingerprint density at radius 1 is 1.15 bits per heavy atom. The van der Waals surface area contributed by atoms with Crippen molar-refractivity contribution in [3.63, 3.8) is 0 Å². The van der Waals surface area contributed by atoms with E-state index in [4.69, 9.17) is 19.6 Å². The molecule has 0 bridgehead atoms. The van der Waals surface area contributed by atoms with E-state index in [2.05, 4.69) is 5.32 Å². The molecule has 2 aromatic carbocycles. The number of hydrogen-bond acceptors (Lipinski definition) is 8. The molecule has 178 valence electrons. The van der Waals surface area contributed by atoms with Crippen LogP contribution in [0.1, 0.15) is 46.0 Å². The van der Waals surface area contributed by atoms with E-state index in [1.54, 1.807) is 6.92 Å². The van der Waals surface area contributed by atoms with Crippen molar-refractivity contribution in [2.45, 2.75) is 51.9 Å². The third-order valence-corrected chi connectivity index (χ3v) is 6.98. The summed E-state index contributed by atoms with van der Waals surface area (Å²) in [7, 11) is 0. The van der Waals surface area contributed by atoms with Gasteiger partial charge in [0.15, 0.2) is 11.0 Å². The predicted octanol–water partition coefficient (Wildman–Crippen LogP) is 3.66. The second kappa shape index (κ2) is 9.50. The van der Waals surface area contributed by atoms with E-state index >= 15 is 0 Å². The molecule has 9 heteroatoms. The van der Waals surface area contributed by atoms with Crippen LogP contribution in [0.25, 0.3) is 0 Å². The number of amidine groups is 1. The Labute approximate surface area is 201 Å². The maximum absolute atomic E-state index is 13.0. The van der Waals surface area contributed by atoms with Crippen LogP contribution in [0.5, 0.6) is 17.2 Å². The van der Waals surface area contributed by atoms with Crippen LogP contribution in [0, 0.1) is 26.2 Å². The van der Waals surface area contributed by atoms with E-state index in [-0.39, 0.29) is 35.1 Å². The highest BCUT2D eigenvalue weighted by molar-refractivity contribution is 8.15. The number of fused-ring (bicyclic) bond motifs is 1. The third kappa shape index (κ3) is 4.79. The van der Waals surface area contributed by atoms with Gasteiger partial charge >= 0.3 is 5.97 Å². The molecule has 2 atom stereocenters. The van der Waals surface area contributed by atoms with Gasteiger partial charge in [-0.1, -0.05) is 23.9 Å². The molecule has 4 rings (SSSR count). The molecule has 0 radical (unpaired) electrons. The number of carbonyl (C=O) groups is 3. The highest BCUT2D eigenvalue weighted by Gasteiger charge is 2.33. The molecule has 2 aliphatic rings. The molecular weight excluding hydrogens is 456 g/mol. The summed E-state index contributed by atoms with van der Waals surface area (Å²) in [6.45, 7) is 6.99. The highest BCUT2D eigenvalue weighted by atomic mass is 32.2. The van der Waals surface area contributed by atoms with Crippen LogP contribution in [0.4, 0.5) is 0 Å². The Balaban J connectivity index is 1.42. The summed E-state index contributed by atoms with van der Waals surface area (Å²) in [5.74, 6) is 0.922. The number of esters is 1. The first-order valence-electron chi connectivity index (χ1n) is 10.9. The topological polar surface area (TPSA) is 115 Å². The van der Waals surface area contributed by atoms with E-state index in [9.17, 15) is 14.4 Å². The number of ether oxygens (including phenoxy) is 3. The van der Waals surface area contributed by atoms with E-state index < -0.39 is 12.1 Å². The summed E-state index contributed by atoms with van der Waals surface area (Å²) >= 11 is 1.22. The molecule has 8 nitrogen and oxygen atoms in total. The largest absolute Gasteiger partial charge is 0.490 e. The average molecular weight is 483 g/mol. The Morgan fingerprint density at radius 3 is 2.47 bits per heavy atom. The molecule has 1 saturated heterocycles. The summed E-state index contributed by atoms with van der Waals surface area (Å²) in [4.78, 5) is 36.3. The molecular formula is C25H26N2O6S. The SMILES string of the molecule is CC(=O)Oc1c(C)c(C)c2c(c1C)C(=O)CC(COc1ccc(CC3SC(=N)NC3=O)cc1)O2. The molecule has 0 spiro atoms. The summed E-state index contributed by atoms with van der Waals surface area (Å²) in [6.07, 6.45) is 0.249. The number of rotatable bonds is 6. The van der Waals surface area contributed by atoms with Gasteiger partial charge in [0.2, 0.25) is 5.91 Å². The lowest BCUT2D eigenvalue weighted by Crippen LogP contribution is -2.33. The first-order chi connectivity index (χ1) is 16.1. The predicted molar refractivity (Wildman–Crippen MR) is 128 cm³/mol. The summed E-state index contributed by atoms with van der Waals surface area (Å²) in [5, 5.41) is 9.95. The summed E-state index contributed by atoms with van der Waals surface area (Å²) in [5.41, 5.74) is 3.57. The van der Waals surface area contributed by atoms with Gasteiger partial charge in [0, 0.05) is 12.5 Å². The average Bonchev–Trinajstić information content (AvgIpc) is 3.10. The van der Waals surface area contributed by atoms with E-state index in [1.165, 1.54) is 18.7 Å². The van der Waals surface area contributed by atoms with Gasteiger partial charge in [-0.2, -0.15) is 0 Å². The van der Waals surface area contributed by atoms with Gasteiger partial charge < -0.3 is 19.5 Å². The molecule has 2 aromatic rings. The van der Waals surface area contributed by atoms with Crippen molar-refractivity contribution in [2.24, 2.45) is 0 Å². The van der Waals surface area contributed by atoms with Crippen molar-refractivity contribution < 1.29 is 28.6 Å². The minimum absolute atomic E-state index is 0.0721. The van der Waals surface area contributed by atoms with Crippen molar-refractivity contribution in [3.8, 4) is 17.2 Å². The number of nitrogens with one attached hydrogen (secondary N) is 2. The third-order valence-electron chi connectivity index (χ3n) is 5.98. The van der Waals surface area contributed by atoms with Crippen molar-refractivity contribution >= 4 is 34.6 Å². The van der Waals surface area contributed by atoms with Crippen LogP contribution in [-0.4, -0.2) is 40.8 Å². The fourth-order valence-electron chi connectivity index (χ4n) is 4.16. The zero-order chi connectivity index (χ0) is 24.6. The Hall–Kier alpha value is -3.33. The van der Waals surface area contributed by atoms with Crippen LogP contribution in [0.15, 0.2) is 24.3 Å². The van der Waals surface area contributed by atoms with Crippen LogP contribution in [-0.2, 0) is 16.0 Å². The normalized spacial score (nSPS) is 19.4. The summed E-state index contributed by atoms with van der Waals surface area (Å²) < 4.78 is 17.4. The second-order valence-electron chi connectivity index (χ2n) is 8.45. The monoisotopic (exact) mass is 482 g/mol. The van der Waals surface area contributed by atoms with Crippen LogP contribution < -0.4 is 19.5 Å². The van der Waals surface area contributed by atoms with Gasteiger partial charge in [0.1, 0.15) is 30.0 Å². The first-order valence-corrected chi connectivity index (χ1v) is 11.8. The number of Topliss-reactive ketones (excluding diaryl/α,β-unsaturated/α-hetero) is 1. The Bertz CT molecular complexity index is 1190. The van der Waals surface area contributed by atoms with Crippen molar-refractivity contribution in [3.05, 3.63) is 52.1 Å². The Kier molecular flexibility index (Phi) is 6.65. The van der Waals surface area contributed by atoms with Gasteiger partial charge in [0.25, 0.3) is 0 Å². The molecule has 1 amide bonds. The van der Waals surface area contributed by atoms with Gasteiger partial charge in [-0.15, -0.1) is 0 Å². The molecule has 2 unspecified atom stereocenters.